The Labute approximate surface area is 175 Å². The molecule has 158 valence electrons. The number of sulfone groups is 1. The normalized spacial score (nSPS) is 18.1. The molecule has 0 spiro atoms. The second kappa shape index (κ2) is 8.31. The first-order chi connectivity index (χ1) is 13.3. The molecule has 1 aromatic rings. The number of allylic oxidation sites excluding steroid dienone is 3. The maximum Gasteiger partial charge on any atom is 0.183 e. The van der Waals surface area contributed by atoms with Crippen molar-refractivity contribution in [3.05, 3.63) is 58.0 Å². The highest BCUT2D eigenvalue weighted by Crippen LogP contribution is 2.40. The summed E-state index contributed by atoms with van der Waals surface area (Å²) in [6, 6.07) is 3.75. The molecule has 0 heterocycles. The summed E-state index contributed by atoms with van der Waals surface area (Å²) in [5.41, 5.74) is 1.75. The van der Waals surface area contributed by atoms with Gasteiger partial charge in [-0.3, -0.25) is 4.99 Å². The van der Waals surface area contributed by atoms with Crippen molar-refractivity contribution in [2.24, 2.45) is 4.99 Å². The van der Waals surface area contributed by atoms with E-state index in [0.717, 1.165) is 16.7 Å². The molecule has 2 rings (SSSR count). The van der Waals surface area contributed by atoms with Crippen LogP contribution in [0, 0.1) is 0 Å². The maximum atomic E-state index is 13.2. The summed E-state index contributed by atoms with van der Waals surface area (Å²) in [4.78, 5) is 4.10. The van der Waals surface area contributed by atoms with Crippen LogP contribution in [0.2, 0.25) is 0 Å². The summed E-state index contributed by atoms with van der Waals surface area (Å²) >= 11 is 0. The molecule has 4 nitrogen and oxygen atoms in total. The minimum atomic E-state index is -3.56. The van der Waals surface area contributed by atoms with Crippen LogP contribution >= 0.6 is 0 Å². The number of hydrogen-bond acceptors (Lipinski definition) is 4. The first kappa shape index (κ1) is 23.1. The Balaban J connectivity index is 2.69. The second-order valence-corrected chi connectivity index (χ2v) is 11.8. The Kier molecular flexibility index (Phi) is 6.63. The van der Waals surface area contributed by atoms with Gasteiger partial charge < -0.3 is 5.11 Å². The van der Waals surface area contributed by atoms with E-state index in [-0.39, 0.29) is 28.0 Å². The van der Waals surface area contributed by atoms with E-state index in [4.69, 9.17) is 0 Å². The summed E-state index contributed by atoms with van der Waals surface area (Å²) < 4.78 is 26.4. The molecule has 5 heteroatoms. The average Bonchev–Trinajstić information content (AvgIpc) is 2.61. The minimum absolute atomic E-state index is 0.0208. The number of benzene rings is 1. The van der Waals surface area contributed by atoms with Crippen LogP contribution < -0.4 is 0 Å². The third-order valence-corrected chi connectivity index (χ3v) is 7.17. The molecule has 0 bridgehead atoms. The Bertz CT molecular complexity index is 933. The number of aromatic hydroxyl groups is 1. The van der Waals surface area contributed by atoms with Gasteiger partial charge in [0.1, 0.15) is 5.75 Å². The van der Waals surface area contributed by atoms with Crippen LogP contribution in [0.25, 0.3) is 6.08 Å². The quantitative estimate of drug-likeness (QED) is 0.661. The lowest BCUT2D eigenvalue weighted by Crippen LogP contribution is -2.22. The number of phenols is 1. The van der Waals surface area contributed by atoms with E-state index in [2.05, 4.69) is 11.7 Å². The zero-order chi connectivity index (χ0) is 22.0. The lowest BCUT2D eigenvalue weighted by Gasteiger charge is -2.28. The minimum Gasteiger partial charge on any atom is -0.507 e. The Morgan fingerprint density at radius 3 is 2.10 bits per heavy atom. The first-order valence-electron chi connectivity index (χ1n) is 9.86. The third kappa shape index (κ3) is 5.27. The fourth-order valence-electron chi connectivity index (χ4n) is 3.38. The smallest absolute Gasteiger partial charge is 0.183 e. The lowest BCUT2D eigenvalue weighted by molar-refractivity contribution is 0.423. The topological polar surface area (TPSA) is 66.7 Å². The van der Waals surface area contributed by atoms with Crippen molar-refractivity contribution in [3.63, 3.8) is 0 Å². The van der Waals surface area contributed by atoms with Gasteiger partial charge in [0.15, 0.2) is 9.84 Å². The van der Waals surface area contributed by atoms with Crippen molar-refractivity contribution in [2.75, 3.05) is 6.54 Å². The number of hydrogen-bond donors (Lipinski definition) is 1. The Morgan fingerprint density at radius 1 is 1.14 bits per heavy atom. The molecule has 0 fully saturated rings. The SMILES string of the molecule is C=NC/C(=C\c1cc(C(C)(C)C)c(O)c(C(C)(C)C)c1)S(=O)(=O)C1C=CC=CC1. The Hall–Kier alpha value is -2.14. The van der Waals surface area contributed by atoms with Crippen LogP contribution in [0.1, 0.15) is 64.7 Å². The molecule has 29 heavy (non-hydrogen) atoms. The van der Waals surface area contributed by atoms with Crippen molar-refractivity contribution in [3.8, 4) is 5.75 Å². The van der Waals surface area contributed by atoms with Crippen molar-refractivity contribution in [1.29, 1.82) is 0 Å². The number of rotatable bonds is 5. The molecule has 0 radical (unpaired) electrons. The second-order valence-electron chi connectivity index (χ2n) is 9.59. The molecular formula is C24H33NO3S. The molecule has 0 saturated heterocycles. The van der Waals surface area contributed by atoms with Gasteiger partial charge in [0.05, 0.1) is 16.7 Å². The zero-order valence-corrected chi connectivity index (χ0v) is 19.2. The zero-order valence-electron chi connectivity index (χ0n) is 18.4. The maximum absolute atomic E-state index is 13.2. The van der Waals surface area contributed by atoms with Crippen LogP contribution in [0.15, 0.2) is 46.3 Å². The van der Waals surface area contributed by atoms with Gasteiger partial charge in [-0.05, 0) is 47.7 Å². The van der Waals surface area contributed by atoms with E-state index >= 15 is 0 Å². The van der Waals surface area contributed by atoms with Gasteiger partial charge in [-0.2, -0.15) is 0 Å². The summed E-state index contributed by atoms with van der Waals surface area (Å²) in [5, 5.41) is 10.3. The van der Waals surface area contributed by atoms with Crippen LogP contribution in [0.4, 0.5) is 0 Å². The van der Waals surface area contributed by atoms with Crippen molar-refractivity contribution < 1.29 is 13.5 Å². The molecule has 1 atom stereocenters. The average molecular weight is 416 g/mol. The van der Waals surface area contributed by atoms with E-state index in [1.807, 2.05) is 65.8 Å². The summed E-state index contributed by atoms with van der Waals surface area (Å²) in [6.45, 7) is 15.7. The van der Waals surface area contributed by atoms with E-state index in [1.54, 1.807) is 18.2 Å². The standard InChI is InChI=1S/C24H33NO3S/c1-23(2,3)20-14-17(15-21(22(20)26)24(4,5)6)13-19(16-25-7)29(27,28)18-11-9-8-10-12-18/h8-11,13-15,18,26H,7,12,16H2,1-6H3/b19-13+. The Morgan fingerprint density at radius 2 is 1.69 bits per heavy atom. The fourth-order valence-corrected chi connectivity index (χ4v) is 5.00. The van der Waals surface area contributed by atoms with Crippen molar-refractivity contribution in [1.82, 2.24) is 0 Å². The molecule has 0 amide bonds. The third-order valence-electron chi connectivity index (χ3n) is 5.05. The highest BCUT2D eigenvalue weighted by molar-refractivity contribution is 7.96. The predicted octanol–water partition coefficient (Wildman–Crippen LogP) is 5.33. The summed E-state index contributed by atoms with van der Waals surface area (Å²) in [7, 11) is -3.56. The van der Waals surface area contributed by atoms with Crippen LogP contribution in [0.5, 0.6) is 5.75 Å². The molecule has 1 N–H and O–H groups in total. The largest absolute Gasteiger partial charge is 0.507 e. The van der Waals surface area contributed by atoms with Gasteiger partial charge in [0.25, 0.3) is 0 Å². The lowest BCUT2D eigenvalue weighted by atomic mass is 9.78. The monoisotopic (exact) mass is 415 g/mol. The van der Waals surface area contributed by atoms with Gasteiger partial charge in [-0.15, -0.1) is 0 Å². The van der Waals surface area contributed by atoms with E-state index in [0.29, 0.717) is 6.42 Å². The van der Waals surface area contributed by atoms with E-state index < -0.39 is 15.1 Å². The molecule has 1 unspecified atom stereocenters. The highest BCUT2D eigenvalue weighted by Gasteiger charge is 2.29. The molecule has 1 aliphatic rings. The number of aliphatic imine (C=N–C) groups is 1. The predicted molar refractivity (Wildman–Crippen MR) is 124 cm³/mol. The summed E-state index contributed by atoms with van der Waals surface area (Å²) in [5.74, 6) is 0.272. The van der Waals surface area contributed by atoms with Crippen LogP contribution in [0.3, 0.4) is 0 Å². The van der Waals surface area contributed by atoms with Gasteiger partial charge in [-0.1, -0.05) is 65.8 Å². The van der Waals surface area contributed by atoms with E-state index in [1.165, 1.54) is 0 Å². The van der Waals surface area contributed by atoms with E-state index in [9.17, 15) is 13.5 Å². The molecule has 1 aliphatic carbocycles. The molecule has 1 aromatic carbocycles. The molecule has 0 saturated carbocycles. The molecule has 0 aliphatic heterocycles. The first-order valence-corrected chi connectivity index (χ1v) is 11.4. The summed E-state index contributed by atoms with van der Waals surface area (Å²) in [6.07, 6.45) is 9.32. The van der Waals surface area contributed by atoms with Gasteiger partial charge in [0.2, 0.25) is 0 Å². The fraction of sp³-hybridized carbons (Fsp3) is 0.458. The number of phenolic OH excluding ortho intramolecular Hbond substituents is 1. The van der Waals surface area contributed by atoms with Crippen LogP contribution in [-0.4, -0.2) is 32.0 Å². The van der Waals surface area contributed by atoms with Gasteiger partial charge >= 0.3 is 0 Å². The highest BCUT2D eigenvalue weighted by atomic mass is 32.2. The molecule has 0 aromatic heterocycles. The molecular weight excluding hydrogens is 382 g/mol. The van der Waals surface area contributed by atoms with Gasteiger partial charge in [-0.25, -0.2) is 8.42 Å². The van der Waals surface area contributed by atoms with Gasteiger partial charge in [0, 0.05) is 11.1 Å². The number of nitrogens with zero attached hydrogens (tertiary/aromatic N) is 1. The van der Waals surface area contributed by atoms with Crippen LogP contribution in [-0.2, 0) is 20.7 Å². The van der Waals surface area contributed by atoms with Crippen molar-refractivity contribution in [2.45, 2.75) is 64.0 Å². The van der Waals surface area contributed by atoms with Crippen molar-refractivity contribution >= 4 is 22.6 Å².